The summed E-state index contributed by atoms with van der Waals surface area (Å²) in [5.41, 5.74) is 1.40. The van der Waals surface area contributed by atoms with E-state index in [4.69, 9.17) is 16.3 Å². The van der Waals surface area contributed by atoms with Gasteiger partial charge >= 0.3 is 5.97 Å². The van der Waals surface area contributed by atoms with Crippen LogP contribution in [0.1, 0.15) is 22.3 Å². The SMILES string of the molecule is CN(C(=O)COC(=O)c1ccc(CSc2ccc(Cl)cc2)cc1)C1CCS(=O)(=O)C1. The number of nitrogens with zero attached hydrogens (tertiary/aromatic N) is 1. The number of hydrogen-bond acceptors (Lipinski definition) is 6. The molecule has 160 valence electrons. The van der Waals surface area contributed by atoms with E-state index in [-0.39, 0.29) is 17.5 Å². The van der Waals surface area contributed by atoms with Crippen LogP contribution in [-0.4, -0.2) is 56.4 Å². The molecule has 1 heterocycles. The van der Waals surface area contributed by atoms with Crippen LogP contribution in [-0.2, 0) is 25.1 Å². The van der Waals surface area contributed by atoms with E-state index in [1.165, 1.54) is 11.9 Å². The average Bonchev–Trinajstić information content (AvgIpc) is 3.10. The lowest BCUT2D eigenvalue weighted by atomic mass is 10.1. The molecule has 9 heteroatoms. The number of halogens is 1. The fourth-order valence-electron chi connectivity index (χ4n) is 3.03. The van der Waals surface area contributed by atoms with Gasteiger partial charge in [-0.05, 0) is 48.4 Å². The van der Waals surface area contributed by atoms with Crippen LogP contribution in [0.25, 0.3) is 0 Å². The molecule has 0 aliphatic carbocycles. The third-order valence-electron chi connectivity index (χ3n) is 4.89. The van der Waals surface area contributed by atoms with Crippen molar-refractivity contribution in [1.29, 1.82) is 0 Å². The van der Waals surface area contributed by atoms with Gasteiger partial charge in [0.2, 0.25) is 0 Å². The number of ether oxygens (including phenoxy) is 1. The second-order valence-corrected chi connectivity index (χ2v) is 10.8. The van der Waals surface area contributed by atoms with E-state index in [0.29, 0.717) is 17.0 Å². The Morgan fingerprint density at radius 3 is 2.40 bits per heavy atom. The summed E-state index contributed by atoms with van der Waals surface area (Å²) in [5, 5.41) is 0.695. The van der Waals surface area contributed by atoms with Gasteiger partial charge in [-0.1, -0.05) is 23.7 Å². The van der Waals surface area contributed by atoms with Crippen LogP contribution in [0.3, 0.4) is 0 Å². The van der Waals surface area contributed by atoms with E-state index < -0.39 is 28.3 Å². The van der Waals surface area contributed by atoms with Crippen molar-refractivity contribution in [1.82, 2.24) is 4.90 Å². The molecule has 0 saturated carbocycles. The quantitative estimate of drug-likeness (QED) is 0.458. The minimum absolute atomic E-state index is 0.0430. The minimum Gasteiger partial charge on any atom is -0.452 e. The van der Waals surface area contributed by atoms with E-state index in [1.807, 2.05) is 36.4 Å². The first kappa shape index (κ1) is 22.7. The highest BCUT2D eigenvalue weighted by Gasteiger charge is 2.32. The average molecular weight is 468 g/mol. The van der Waals surface area contributed by atoms with Crippen molar-refractivity contribution in [3.63, 3.8) is 0 Å². The molecule has 1 aliphatic rings. The van der Waals surface area contributed by atoms with Crippen LogP contribution in [0.15, 0.2) is 53.4 Å². The largest absolute Gasteiger partial charge is 0.452 e. The monoisotopic (exact) mass is 467 g/mol. The number of rotatable bonds is 7. The summed E-state index contributed by atoms with van der Waals surface area (Å²) in [6, 6.07) is 14.2. The smallest absolute Gasteiger partial charge is 0.338 e. The first-order valence-electron chi connectivity index (χ1n) is 9.34. The summed E-state index contributed by atoms with van der Waals surface area (Å²) in [6.45, 7) is -0.417. The summed E-state index contributed by atoms with van der Waals surface area (Å²) in [5.74, 6) is -0.227. The van der Waals surface area contributed by atoms with Crippen LogP contribution in [0.5, 0.6) is 0 Å². The molecule has 2 aromatic carbocycles. The van der Waals surface area contributed by atoms with Crippen LogP contribution >= 0.6 is 23.4 Å². The standard InChI is InChI=1S/C21H22ClNO5S2/c1-23(18-10-11-30(26,27)14-18)20(24)12-28-21(25)16-4-2-15(3-5-16)13-29-19-8-6-17(22)7-9-19/h2-9,18H,10-14H2,1H3. The van der Waals surface area contributed by atoms with E-state index in [2.05, 4.69) is 0 Å². The molecule has 0 aromatic heterocycles. The molecule has 1 unspecified atom stereocenters. The molecule has 0 spiro atoms. The van der Waals surface area contributed by atoms with Gasteiger partial charge < -0.3 is 9.64 Å². The Labute approximate surface area is 185 Å². The maximum atomic E-state index is 12.2. The zero-order chi connectivity index (χ0) is 21.7. The Hall–Kier alpha value is -2.03. The predicted molar refractivity (Wildman–Crippen MR) is 118 cm³/mol. The summed E-state index contributed by atoms with van der Waals surface area (Å²) in [7, 11) is -1.55. The highest BCUT2D eigenvalue weighted by Crippen LogP contribution is 2.24. The molecule has 1 aliphatic heterocycles. The van der Waals surface area contributed by atoms with Gasteiger partial charge in [0.15, 0.2) is 16.4 Å². The molecule has 1 saturated heterocycles. The van der Waals surface area contributed by atoms with Gasteiger partial charge in [-0.25, -0.2) is 13.2 Å². The van der Waals surface area contributed by atoms with Crippen molar-refractivity contribution < 1.29 is 22.7 Å². The molecular weight excluding hydrogens is 446 g/mol. The molecule has 0 bridgehead atoms. The van der Waals surface area contributed by atoms with Crippen molar-refractivity contribution in [2.24, 2.45) is 0 Å². The minimum atomic E-state index is -3.09. The van der Waals surface area contributed by atoms with Crippen LogP contribution < -0.4 is 0 Å². The van der Waals surface area contributed by atoms with Crippen molar-refractivity contribution in [3.8, 4) is 0 Å². The lowest BCUT2D eigenvalue weighted by Gasteiger charge is -2.23. The van der Waals surface area contributed by atoms with E-state index in [9.17, 15) is 18.0 Å². The van der Waals surface area contributed by atoms with Crippen molar-refractivity contribution in [3.05, 3.63) is 64.7 Å². The Balaban J connectivity index is 1.47. The Morgan fingerprint density at radius 2 is 1.80 bits per heavy atom. The first-order valence-corrected chi connectivity index (χ1v) is 12.5. The molecule has 3 rings (SSSR count). The van der Waals surface area contributed by atoms with Crippen molar-refractivity contribution >= 4 is 45.1 Å². The van der Waals surface area contributed by atoms with Gasteiger partial charge in [0, 0.05) is 28.8 Å². The Bertz CT molecular complexity index is 1010. The predicted octanol–water partition coefficient (Wildman–Crippen LogP) is 3.43. The third kappa shape index (κ3) is 6.23. The lowest BCUT2D eigenvalue weighted by Crippen LogP contribution is -2.40. The normalized spacial score (nSPS) is 17.5. The van der Waals surface area contributed by atoms with Gasteiger partial charge in [-0.2, -0.15) is 0 Å². The number of carbonyl (C=O) groups is 2. The van der Waals surface area contributed by atoms with Crippen LogP contribution in [0.2, 0.25) is 5.02 Å². The fourth-order valence-corrected chi connectivity index (χ4v) is 5.79. The van der Waals surface area contributed by atoms with Gasteiger partial charge in [0.05, 0.1) is 17.1 Å². The number of thioether (sulfide) groups is 1. The Kier molecular flexibility index (Phi) is 7.44. The Morgan fingerprint density at radius 1 is 1.13 bits per heavy atom. The van der Waals surface area contributed by atoms with Gasteiger partial charge in [-0.15, -0.1) is 11.8 Å². The molecule has 2 aromatic rings. The number of carbonyl (C=O) groups excluding carboxylic acids is 2. The fraction of sp³-hybridized carbons (Fsp3) is 0.333. The van der Waals surface area contributed by atoms with E-state index in [1.54, 1.807) is 23.9 Å². The molecule has 1 atom stereocenters. The van der Waals surface area contributed by atoms with E-state index in [0.717, 1.165) is 16.2 Å². The second kappa shape index (κ2) is 9.85. The first-order chi connectivity index (χ1) is 14.2. The number of likely N-dealkylation sites (N-methyl/N-ethyl adjacent to an activating group) is 1. The summed E-state index contributed by atoms with van der Waals surface area (Å²) in [4.78, 5) is 26.9. The van der Waals surface area contributed by atoms with Crippen LogP contribution in [0, 0.1) is 0 Å². The number of amides is 1. The maximum absolute atomic E-state index is 12.2. The van der Waals surface area contributed by atoms with Gasteiger partial charge in [0.1, 0.15) is 0 Å². The van der Waals surface area contributed by atoms with E-state index >= 15 is 0 Å². The highest BCUT2D eigenvalue weighted by molar-refractivity contribution is 7.98. The molecule has 6 nitrogen and oxygen atoms in total. The van der Waals surface area contributed by atoms with Crippen LogP contribution in [0.4, 0.5) is 0 Å². The second-order valence-electron chi connectivity index (χ2n) is 7.08. The lowest BCUT2D eigenvalue weighted by molar-refractivity contribution is -0.134. The number of benzene rings is 2. The van der Waals surface area contributed by atoms with Gasteiger partial charge in [-0.3, -0.25) is 4.79 Å². The number of hydrogen-bond donors (Lipinski definition) is 0. The maximum Gasteiger partial charge on any atom is 0.338 e. The summed E-state index contributed by atoms with van der Waals surface area (Å²) >= 11 is 7.54. The zero-order valence-electron chi connectivity index (χ0n) is 16.4. The summed E-state index contributed by atoms with van der Waals surface area (Å²) in [6.07, 6.45) is 0.411. The van der Waals surface area contributed by atoms with Gasteiger partial charge in [0.25, 0.3) is 5.91 Å². The zero-order valence-corrected chi connectivity index (χ0v) is 18.8. The molecule has 1 fully saturated rings. The van der Waals surface area contributed by atoms with Crippen molar-refractivity contribution in [2.75, 3.05) is 25.2 Å². The topological polar surface area (TPSA) is 80.8 Å². The number of esters is 1. The highest BCUT2D eigenvalue weighted by atomic mass is 35.5. The van der Waals surface area contributed by atoms with Crippen molar-refractivity contribution in [2.45, 2.75) is 23.1 Å². The molecule has 30 heavy (non-hydrogen) atoms. The molecule has 1 amide bonds. The molecule has 0 radical (unpaired) electrons. The summed E-state index contributed by atoms with van der Waals surface area (Å²) < 4.78 is 28.2. The third-order valence-corrected chi connectivity index (χ3v) is 7.97. The molecular formula is C21H22ClNO5S2. The number of sulfone groups is 1. The molecule has 0 N–H and O–H groups in total.